The SMILES string of the molecule is CCN(CC(=O)N[C@]1(C)CCS(=O)(=O)C1)Cc1ccco1. The van der Waals surface area contributed by atoms with Crippen molar-refractivity contribution >= 4 is 15.7 Å². The first-order valence-corrected chi connectivity index (χ1v) is 8.90. The molecule has 1 aliphatic rings. The largest absolute Gasteiger partial charge is 0.468 e. The summed E-state index contributed by atoms with van der Waals surface area (Å²) in [7, 11) is -3.02. The average Bonchev–Trinajstić information content (AvgIpc) is 2.96. The Balaban J connectivity index is 1.88. The lowest BCUT2D eigenvalue weighted by molar-refractivity contribution is -0.123. The van der Waals surface area contributed by atoms with Gasteiger partial charge in [0.05, 0.1) is 36.4 Å². The molecule has 0 spiro atoms. The first kappa shape index (κ1) is 16.0. The summed E-state index contributed by atoms with van der Waals surface area (Å²) in [5.41, 5.74) is -0.639. The number of carbonyl (C=O) groups is 1. The molecule has 1 fully saturated rings. The molecule has 1 saturated heterocycles. The van der Waals surface area contributed by atoms with E-state index in [1.54, 1.807) is 13.2 Å². The molecule has 21 heavy (non-hydrogen) atoms. The molecule has 1 N–H and O–H groups in total. The van der Waals surface area contributed by atoms with Crippen LogP contribution in [0.1, 0.15) is 26.0 Å². The highest BCUT2D eigenvalue weighted by Crippen LogP contribution is 2.22. The zero-order valence-electron chi connectivity index (χ0n) is 12.5. The first-order chi connectivity index (χ1) is 9.82. The van der Waals surface area contributed by atoms with Crippen LogP contribution in [-0.4, -0.2) is 49.4 Å². The average molecular weight is 314 g/mol. The third-order valence-electron chi connectivity index (χ3n) is 3.72. The van der Waals surface area contributed by atoms with Crippen molar-refractivity contribution in [2.45, 2.75) is 32.4 Å². The van der Waals surface area contributed by atoms with Crippen LogP contribution in [0.15, 0.2) is 22.8 Å². The fourth-order valence-corrected chi connectivity index (χ4v) is 4.68. The number of amides is 1. The summed E-state index contributed by atoms with van der Waals surface area (Å²) in [5.74, 6) is 0.825. The molecule has 1 aliphatic heterocycles. The maximum atomic E-state index is 12.1. The molecule has 2 rings (SSSR count). The second-order valence-electron chi connectivity index (χ2n) is 5.83. The van der Waals surface area contributed by atoms with E-state index in [4.69, 9.17) is 4.42 Å². The quantitative estimate of drug-likeness (QED) is 0.840. The Morgan fingerprint density at radius 2 is 2.29 bits per heavy atom. The monoisotopic (exact) mass is 314 g/mol. The van der Waals surface area contributed by atoms with Gasteiger partial charge in [0.2, 0.25) is 5.91 Å². The Kier molecular flexibility index (Phi) is 4.73. The summed E-state index contributed by atoms with van der Waals surface area (Å²) in [6.45, 7) is 5.26. The standard InChI is InChI=1S/C14H22N2O4S/c1-3-16(9-12-5-4-7-20-12)10-13(17)15-14(2)6-8-21(18,19)11-14/h4-5,7H,3,6,8-11H2,1-2H3,(H,15,17)/t14-/m1/s1. The van der Waals surface area contributed by atoms with Crippen molar-refractivity contribution in [3.8, 4) is 0 Å². The van der Waals surface area contributed by atoms with Gasteiger partial charge in [-0.1, -0.05) is 6.92 Å². The Labute approximate surface area is 125 Å². The van der Waals surface area contributed by atoms with Gasteiger partial charge in [0.15, 0.2) is 9.84 Å². The van der Waals surface area contributed by atoms with Crippen molar-refractivity contribution in [2.24, 2.45) is 0 Å². The van der Waals surface area contributed by atoms with Crippen LogP contribution in [0.5, 0.6) is 0 Å². The third kappa shape index (κ3) is 4.57. The van der Waals surface area contributed by atoms with Gasteiger partial charge in [-0.15, -0.1) is 0 Å². The minimum atomic E-state index is -3.02. The molecular formula is C14H22N2O4S. The van der Waals surface area contributed by atoms with E-state index in [1.165, 1.54) is 0 Å². The molecule has 0 saturated carbocycles. The Morgan fingerprint density at radius 1 is 1.52 bits per heavy atom. The smallest absolute Gasteiger partial charge is 0.234 e. The third-order valence-corrected chi connectivity index (χ3v) is 5.62. The topological polar surface area (TPSA) is 79.6 Å². The normalized spacial score (nSPS) is 24.3. The molecule has 1 aromatic rings. The Morgan fingerprint density at radius 3 is 2.81 bits per heavy atom. The summed E-state index contributed by atoms with van der Waals surface area (Å²) in [6.07, 6.45) is 2.08. The molecule has 0 aromatic carbocycles. The van der Waals surface area contributed by atoms with Gasteiger partial charge in [-0.05, 0) is 32.0 Å². The van der Waals surface area contributed by atoms with Crippen LogP contribution in [0.25, 0.3) is 0 Å². The van der Waals surface area contributed by atoms with Crippen molar-refractivity contribution in [1.29, 1.82) is 0 Å². The first-order valence-electron chi connectivity index (χ1n) is 7.08. The lowest BCUT2D eigenvalue weighted by Gasteiger charge is -2.26. The maximum Gasteiger partial charge on any atom is 0.234 e. The van der Waals surface area contributed by atoms with Crippen molar-refractivity contribution in [1.82, 2.24) is 10.2 Å². The number of nitrogens with one attached hydrogen (secondary N) is 1. The highest BCUT2D eigenvalue weighted by Gasteiger charge is 2.39. The number of likely N-dealkylation sites (N-methyl/N-ethyl adjacent to an activating group) is 1. The Hall–Kier alpha value is -1.34. The van der Waals surface area contributed by atoms with Gasteiger partial charge in [0, 0.05) is 0 Å². The van der Waals surface area contributed by atoms with Crippen LogP contribution < -0.4 is 5.32 Å². The van der Waals surface area contributed by atoms with Crippen LogP contribution in [0.3, 0.4) is 0 Å². The zero-order valence-corrected chi connectivity index (χ0v) is 13.3. The predicted octanol–water partition coefficient (Wildman–Crippen LogP) is 0.795. The van der Waals surface area contributed by atoms with Gasteiger partial charge in [-0.2, -0.15) is 0 Å². The lowest BCUT2D eigenvalue weighted by Crippen LogP contribution is -2.50. The highest BCUT2D eigenvalue weighted by atomic mass is 32.2. The van der Waals surface area contributed by atoms with E-state index < -0.39 is 15.4 Å². The number of sulfone groups is 1. The molecular weight excluding hydrogens is 292 g/mol. The molecule has 118 valence electrons. The molecule has 0 radical (unpaired) electrons. The summed E-state index contributed by atoms with van der Waals surface area (Å²) >= 11 is 0. The van der Waals surface area contributed by atoms with E-state index in [0.29, 0.717) is 19.5 Å². The van der Waals surface area contributed by atoms with Crippen molar-refractivity contribution in [3.63, 3.8) is 0 Å². The zero-order chi connectivity index (χ0) is 15.5. The van der Waals surface area contributed by atoms with Crippen LogP contribution in [-0.2, 0) is 21.2 Å². The van der Waals surface area contributed by atoms with E-state index in [1.807, 2.05) is 24.0 Å². The van der Waals surface area contributed by atoms with Gasteiger partial charge in [0.1, 0.15) is 5.76 Å². The summed E-state index contributed by atoms with van der Waals surface area (Å²) in [6, 6.07) is 3.68. The molecule has 2 heterocycles. The van der Waals surface area contributed by atoms with Crippen LogP contribution >= 0.6 is 0 Å². The number of hydrogen-bond donors (Lipinski definition) is 1. The second kappa shape index (κ2) is 6.19. The summed E-state index contributed by atoms with van der Waals surface area (Å²) in [5, 5.41) is 2.86. The highest BCUT2D eigenvalue weighted by molar-refractivity contribution is 7.91. The minimum absolute atomic E-state index is 0.0239. The number of hydrogen-bond acceptors (Lipinski definition) is 5. The molecule has 1 atom stereocenters. The van der Waals surface area contributed by atoms with E-state index in [-0.39, 0.29) is 24.0 Å². The minimum Gasteiger partial charge on any atom is -0.468 e. The van der Waals surface area contributed by atoms with Gasteiger partial charge < -0.3 is 9.73 Å². The van der Waals surface area contributed by atoms with E-state index in [9.17, 15) is 13.2 Å². The number of nitrogens with zero attached hydrogens (tertiary/aromatic N) is 1. The van der Waals surface area contributed by atoms with Crippen molar-refractivity contribution in [2.75, 3.05) is 24.6 Å². The van der Waals surface area contributed by atoms with Crippen LogP contribution in [0.2, 0.25) is 0 Å². The van der Waals surface area contributed by atoms with Gasteiger partial charge >= 0.3 is 0 Å². The molecule has 0 unspecified atom stereocenters. The Bertz CT molecular complexity index is 582. The molecule has 0 bridgehead atoms. The van der Waals surface area contributed by atoms with E-state index in [0.717, 1.165) is 5.76 Å². The van der Waals surface area contributed by atoms with E-state index >= 15 is 0 Å². The second-order valence-corrected chi connectivity index (χ2v) is 8.02. The van der Waals surface area contributed by atoms with E-state index in [2.05, 4.69) is 5.32 Å². The van der Waals surface area contributed by atoms with Crippen LogP contribution in [0, 0.1) is 0 Å². The number of rotatable bonds is 6. The molecule has 7 heteroatoms. The van der Waals surface area contributed by atoms with Crippen LogP contribution in [0.4, 0.5) is 0 Å². The maximum absolute atomic E-state index is 12.1. The fourth-order valence-electron chi connectivity index (χ4n) is 2.59. The predicted molar refractivity (Wildman–Crippen MR) is 79.5 cm³/mol. The number of furan rings is 1. The number of carbonyl (C=O) groups excluding carboxylic acids is 1. The van der Waals surface area contributed by atoms with Gasteiger partial charge in [0.25, 0.3) is 0 Å². The fraction of sp³-hybridized carbons (Fsp3) is 0.643. The summed E-state index contributed by atoms with van der Waals surface area (Å²) < 4.78 is 28.4. The van der Waals surface area contributed by atoms with Gasteiger partial charge in [-0.25, -0.2) is 8.42 Å². The molecule has 1 aromatic heterocycles. The van der Waals surface area contributed by atoms with Crippen molar-refractivity contribution < 1.29 is 17.6 Å². The lowest BCUT2D eigenvalue weighted by atomic mass is 10.0. The summed E-state index contributed by atoms with van der Waals surface area (Å²) in [4.78, 5) is 14.1. The van der Waals surface area contributed by atoms with Gasteiger partial charge in [-0.3, -0.25) is 9.69 Å². The van der Waals surface area contributed by atoms with Crippen molar-refractivity contribution in [3.05, 3.63) is 24.2 Å². The molecule has 6 nitrogen and oxygen atoms in total. The molecule has 0 aliphatic carbocycles. The molecule has 1 amide bonds.